The van der Waals surface area contributed by atoms with Gasteiger partial charge in [-0.25, -0.2) is 0 Å². The van der Waals surface area contributed by atoms with Crippen molar-refractivity contribution in [2.45, 2.75) is 11.1 Å². The molecule has 1 aromatic rings. The van der Waals surface area contributed by atoms with Crippen molar-refractivity contribution in [3.05, 3.63) is 23.8 Å². The van der Waals surface area contributed by atoms with E-state index in [2.05, 4.69) is 0 Å². The summed E-state index contributed by atoms with van der Waals surface area (Å²) in [5, 5.41) is 0. The van der Waals surface area contributed by atoms with Gasteiger partial charge in [0.1, 0.15) is 5.75 Å². The number of nitrogen functional groups attached to an aromatic ring is 1. The average Bonchev–Trinajstić information content (AvgIpc) is 2.27. The van der Waals surface area contributed by atoms with Gasteiger partial charge in [0, 0.05) is 19.8 Å². The second-order valence-electron chi connectivity index (χ2n) is 4.03. The van der Waals surface area contributed by atoms with Crippen molar-refractivity contribution in [2.24, 2.45) is 0 Å². The summed E-state index contributed by atoms with van der Waals surface area (Å²) in [6, 6.07) is 2.55. The summed E-state index contributed by atoms with van der Waals surface area (Å²) in [5.74, 6) is -0.708. The van der Waals surface area contributed by atoms with Gasteiger partial charge in [-0.15, -0.1) is 0 Å². The third kappa shape index (κ3) is 3.95. The Hall–Kier alpha value is -1.57. The number of amides is 1. The van der Waals surface area contributed by atoms with Crippen LogP contribution in [-0.4, -0.2) is 34.9 Å². The van der Waals surface area contributed by atoms with Gasteiger partial charge in [0.05, 0.1) is 21.3 Å². The summed E-state index contributed by atoms with van der Waals surface area (Å²) in [5.41, 5.74) is 4.30. The molecule has 1 amide bonds. The number of hydrogen-bond acceptors (Lipinski definition) is 3. The highest BCUT2D eigenvalue weighted by atomic mass is 32.2. The lowest BCUT2D eigenvalue weighted by molar-refractivity contribution is -0.137. The van der Waals surface area contributed by atoms with Crippen LogP contribution in [0.2, 0.25) is 0 Å². The molecular weight excluding hydrogens is 281 g/mol. The van der Waals surface area contributed by atoms with Crippen LogP contribution in [-0.2, 0) is 21.8 Å². The summed E-state index contributed by atoms with van der Waals surface area (Å²) in [4.78, 5) is 12.7. The van der Waals surface area contributed by atoms with Gasteiger partial charge in [-0.3, -0.25) is 9.00 Å². The van der Waals surface area contributed by atoms with Crippen LogP contribution in [0.3, 0.4) is 0 Å². The van der Waals surface area contributed by atoms with Crippen molar-refractivity contribution >= 4 is 22.4 Å². The number of carbonyl (C=O) groups is 1. The standard InChI is InChI=1S/C11H13F3N2O2S/c1-16(2)10(17)6-19(18)9-4-3-7(5-8(9)15)11(12,13)14/h3-5H,6,15H2,1-2H3. The zero-order valence-corrected chi connectivity index (χ0v) is 11.1. The second kappa shape index (κ2) is 5.60. The van der Waals surface area contributed by atoms with Crippen LogP contribution in [0, 0.1) is 0 Å². The van der Waals surface area contributed by atoms with E-state index >= 15 is 0 Å². The average molecular weight is 294 g/mol. The lowest BCUT2D eigenvalue weighted by atomic mass is 10.2. The minimum absolute atomic E-state index is 0.0307. The highest BCUT2D eigenvalue weighted by Gasteiger charge is 2.31. The fraction of sp³-hybridized carbons (Fsp3) is 0.364. The zero-order chi connectivity index (χ0) is 14.8. The van der Waals surface area contributed by atoms with Crippen LogP contribution >= 0.6 is 0 Å². The molecular formula is C11H13F3N2O2S. The predicted molar refractivity (Wildman–Crippen MR) is 65.8 cm³/mol. The first-order chi connectivity index (χ1) is 8.62. The Labute approximate surface area is 110 Å². The van der Waals surface area contributed by atoms with Crippen molar-refractivity contribution in [1.29, 1.82) is 0 Å². The molecule has 0 saturated heterocycles. The summed E-state index contributed by atoms with van der Waals surface area (Å²) in [6.45, 7) is 0. The van der Waals surface area contributed by atoms with Crippen molar-refractivity contribution in [3.63, 3.8) is 0 Å². The summed E-state index contributed by atoms with van der Waals surface area (Å²) >= 11 is 0. The smallest absolute Gasteiger partial charge is 0.398 e. The molecule has 0 aromatic heterocycles. The SMILES string of the molecule is CN(C)C(=O)CS(=O)c1ccc(C(F)(F)F)cc1N. The maximum absolute atomic E-state index is 12.4. The van der Waals surface area contributed by atoms with Crippen LogP contribution < -0.4 is 5.73 Å². The Morgan fingerprint density at radius 1 is 1.37 bits per heavy atom. The number of nitrogens with zero attached hydrogens (tertiary/aromatic N) is 1. The van der Waals surface area contributed by atoms with Gasteiger partial charge in [-0.05, 0) is 18.2 Å². The van der Waals surface area contributed by atoms with Crippen LogP contribution in [0.15, 0.2) is 23.1 Å². The second-order valence-corrected chi connectivity index (χ2v) is 5.45. The van der Waals surface area contributed by atoms with E-state index in [0.29, 0.717) is 6.07 Å². The number of anilines is 1. The molecule has 0 aliphatic rings. The van der Waals surface area contributed by atoms with E-state index < -0.39 is 28.4 Å². The zero-order valence-electron chi connectivity index (χ0n) is 10.3. The molecule has 19 heavy (non-hydrogen) atoms. The topological polar surface area (TPSA) is 63.4 Å². The third-order valence-corrected chi connectivity index (χ3v) is 3.71. The van der Waals surface area contributed by atoms with Crippen LogP contribution in [0.25, 0.3) is 0 Å². The molecule has 0 aliphatic heterocycles. The molecule has 1 rings (SSSR count). The molecule has 0 aliphatic carbocycles. The number of nitrogens with two attached hydrogens (primary N) is 1. The van der Waals surface area contributed by atoms with Crippen molar-refractivity contribution in [1.82, 2.24) is 4.90 Å². The molecule has 106 valence electrons. The maximum Gasteiger partial charge on any atom is 0.416 e. The molecule has 4 nitrogen and oxygen atoms in total. The minimum atomic E-state index is -4.51. The molecule has 0 radical (unpaired) electrons. The molecule has 1 atom stereocenters. The largest absolute Gasteiger partial charge is 0.416 e. The molecule has 0 bridgehead atoms. The molecule has 2 N–H and O–H groups in total. The predicted octanol–water partition coefficient (Wildman–Crippen LogP) is 1.48. The van der Waals surface area contributed by atoms with E-state index in [4.69, 9.17) is 5.73 Å². The van der Waals surface area contributed by atoms with Crippen molar-refractivity contribution in [2.75, 3.05) is 25.6 Å². The Morgan fingerprint density at radius 2 is 1.95 bits per heavy atom. The summed E-state index contributed by atoms with van der Waals surface area (Å²) < 4.78 is 49.1. The highest BCUT2D eigenvalue weighted by molar-refractivity contribution is 7.86. The van der Waals surface area contributed by atoms with E-state index in [9.17, 15) is 22.2 Å². The molecule has 1 unspecified atom stereocenters. The minimum Gasteiger partial charge on any atom is -0.398 e. The first-order valence-electron chi connectivity index (χ1n) is 5.18. The Bertz CT molecular complexity index is 515. The summed E-state index contributed by atoms with van der Waals surface area (Å²) in [7, 11) is 1.23. The highest BCUT2D eigenvalue weighted by Crippen LogP contribution is 2.32. The van der Waals surface area contributed by atoms with Gasteiger partial charge in [-0.1, -0.05) is 0 Å². The molecule has 0 fully saturated rings. The quantitative estimate of drug-likeness (QED) is 0.859. The number of benzene rings is 1. The van der Waals surface area contributed by atoms with Crippen LogP contribution in [0.5, 0.6) is 0 Å². The first kappa shape index (κ1) is 15.5. The van der Waals surface area contributed by atoms with E-state index in [0.717, 1.165) is 12.1 Å². The Kier molecular flexibility index (Phi) is 4.56. The van der Waals surface area contributed by atoms with E-state index in [1.54, 1.807) is 0 Å². The normalized spacial score (nSPS) is 13.1. The van der Waals surface area contributed by atoms with Gasteiger partial charge < -0.3 is 10.6 Å². The van der Waals surface area contributed by atoms with E-state index in [1.165, 1.54) is 19.0 Å². The van der Waals surface area contributed by atoms with E-state index in [1.807, 2.05) is 0 Å². The fourth-order valence-electron chi connectivity index (χ4n) is 1.25. The van der Waals surface area contributed by atoms with Gasteiger partial charge in [0.15, 0.2) is 0 Å². The molecule has 1 aromatic carbocycles. The number of halogens is 3. The summed E-state index contributed by atoms with van der Waals surface area (Å²) in [6.07, 6.45) is -4.51. The van der Waals surface area contributed by atoms with Crippen molar-refractivity contribution < 1.29 is 22.2 Å². The maximum atomic E-state index is 12.4. The lowest BCUT2D eigenvalue weighted by Gasteiger charge is -2.12. The Morgan fingerprint density at radius 3 is 2.37 bits per heavy atom. The lowest BCUT2D eigenvalue weighted by Crippen LogP contribution is -2.27. The molecule has 0 heterocycles. The van der Waals surface area contributed by atoms with Gasteiger partial charge in [-0.2, -0.15) is 13.2 Å². The monoisotopic (exact) mass is 294 g/mol. The van der Waals surface area contributed by atoms with Gasteiger partial charge in [0.25, 0.3) is 0 Å². The molecule has 0 spiro atoms. The van der Waals surface area contributed by atoms with E-state index in [-0.39, 0.29) is 16.3 Å². The number of carbonyl (C=O) groups excluding carboxylic acids is 1. The van der Waals surface area contributed by atoms with Crippen LogP contribution in [0.1, 0.15) is 5.56 Å². The fourth-order valence-corrected chi connectivity index (χ4v) is 2.43. The first-order valence-corrected chi connectivity index (χ1v) is 6.50. The Balaban J connectivity index is 2.97. The van der Waals surface area contributed by atoms with Gasteiger partial charge in [0.2, 0.25) is 5.91 Å². The number of alkyl halides is 3. The van der Waals surface area contributed by atoms with Crippen LogP contribution in [0.4, 0.5) is 18.9 Å². The van der Waals surface area contributed by atoms with Crippen molar-refractivity contribution in [3.8, 4) is 0 Å². The molecule has 0 saturated carbocycles. The number of hydrogen-bond donors (Lipinski definition) is 1. The molecule has 8 heteroatoms. The third-order valence-electron chi connectivity index (χ3n) is 2.34. The number of rotatable bonds is 3. The van der Waals surface area contributed by atoms with Gasteiger partial charge >= 0.3 is 6.18 Å².